The van der Waals surface area contributed by atoms with Crippen molar-refractivity contribution in [2.24, 2.45) is 7.05 Å². The smallest absolute Gasteiger partial charge is 0.204 e. The zero-order chi connectivity index (χ0) is 14.8. The number of anilines is 1. The average Bonchev–Trinajstić information content (AvgIpc) is 2.84. The van der Waals surface area contributed by atoms with Gasteiger partial charge < -0.3 is 9.88 Å². The van der Waals surface area contributed by atoms with Gasteiger partial charge in [-0.1, -0.05) is 19.1 Å². The summed E-state index contributed by atoms with van der Waals surface area (Å²) in [5, 5.41) is 3.24. The molecule has 3 aromatic rings. The van der Waals surface area contributed by atoms with Gasteiger partial charge in [0.05, 0.1) is 17.8 Å². The van der Waals surface area contributed by atoms with Gasteiger partial charge in [-0.3, -0.25) is 4.98 Å². The second kappa shape index (κ2) is 5.52. The van der Waals surface area contributed by atoms with Gasteiger partial charge >= 0.3 is 0 Å². The highest BCUT2D eigenvalue weighted by molar-refractivity contribution is 5.79. The molecule has 1 aromatic carbocycles. The molecule has 4 nitrogen and oxygen atoms in total. The maximum atomic E-state index is 13.7. The summed E-state index contributed by atoms with van der Waals surface area (Å²) in [7, 11) is 1.87. The first-order chi connectivity index (χ1) is 10.2. The molecule has 0 radical (unpaired) electrons. The SMILES string of the molecule is CCc1cccnc1CNc1nc2c(F)cccc2n1C. The number of pyridine rings is 1. The van der Waals surface area contributed by atoms with Crippen LogP contribution in [-0.2, 0) is 20.0 Å². The molecule has 0 aliphatic carbocycles. The number of hydrogen-bond donors (Lipinski definition) is 1. The molecule has 2 heterocycles. The average molecular weight is 284 g/mol. The number of aromatic nitrogens is 3. The summed E-state index contributed by atoms with van der Waals surface area (Å²) in [6, 6.07) is 8.98. The molecule has 0 aliphatic rings. The Bertz CT molecular complexity index is 779. The molecule has 0 bridgehead atoms. The Morgan fingerprint density at radius 3 is 2.86 bits per heavy atom. The van der Waals surface area contributed by atoms with Crippen LogP contribution >= 0.6 is 0 Å². The number of rotatable bonds is 4. The van der Waals surface area contributed by atoms with Gasteiger partial charge in [-0.25, -0.2) is 9.37 Å². The Labute approximate surface area is 122 Å². The van der Waals surface area contributed by atoms with E-state index in [0.717, 1.165) is 17.6 Å². The minimum absolute atomic E-state index is 0.303. The van der Waals surface area contributed by atoms with Crippen molar-refractivity contribution in [3.8, 4) is 0 Å². The number of fused-ring (bicyclic) bond motifs is 1. The Morgan fingerprint density at radius 1 is 1.24 bits per heavy atom. The summed E-state index contributed by atoms with van der Waals surface area (Å²) in [5.74, 6) is 0.339. The summed E-state index contributed by atoms with van der Waals surface area (Å²) >= 11 is 0. The van der Waals surface area contributed by atoms with Gasteiger partial charge in [-0.05, 0) is 30.2 Å². The third-order valence-corrected chi connectivity index (χ3v) is 3.64. The summed E-state index contributed by atoms with van der Waals surface area (Å²) < 4.78 is 15.6. The van der Waals surface area contributed by atoms with Crippen LogP contribution in [0.25, 0.3) is 11.0 Å². The van der Waals surface area contributed by atoms with Gasteiger partial charge in [0.25, 0.3) is 0 Å². The molecule has 0 saturated heterocycles. The van der Waals surface area contributed by atoms with Crippen LogP contribution < -0.4 is 5.32 Å². The van der Waals surface area contributed by atoms with Gasteiger partial charge in [0, 0.05) is 13.2 Å². The topological polar surface area (TPSA) is 42.7 Å². The van der Waals surface area contributed by atoms with Gasteiger partial charge in [-0.15, -0.1) is 0 Å². The highest BCUT2D eigenvalue weighted by Crippen LogP contribution is 2.21. The lowest BCUT2D eigenvalue weighted by Gasteiger charge is -2.08. The van der Waals surface area contributed by atoms with Crippen LogP contribution in [0.1, 0.15) is 18.2 Å². The zero-order valence-corrected chi connectivity index (χ0v) is 12.1. The molecule has 0 atom stereocenters. The van der Waals surface area contributed by atoms with Crippen molar-refractivity contribution in [3.05, 3.63) is 53.6 Å². The summed E-state index contributed by atoms with van der Waals surface area (Å²) in [6.45, 7) is 2.67. The normalized spacial score (nSPS) is 11.0. The lowest BCUT2D eigenvalue weighted by atomic mass is 10.1. The van der Waals surface area contributed by atoms with Crippen molar-refractivity contribution < 1.29 is 4.39 Å². The van der Waals surface area contributed by atoms with Crippen LogP contribution in [0.2, 0.25) is 0 Å². The number of para-hydroxylation sites is 1. The molecule has 1 N–H and O–H groups in total. The van der Waals surface area contributed by atoms with E-state index >= 15 is 0 Å². The first-order valence-corrected chi connectivity index (χ1v) is 6.98. The fourth-order valence-electron chi connectivity index (χ4n) is 2.45. The van der Waals surface area contributed by atoms with Crippen LogP contribution in [0, 0.1) is 5.82 Å². The molecule has 5 heteroatoms. The van der Waals surface area contributed by atoms with E-state index in [-0.39, 0.29) is 5.82 Å². The van der Waals surface area contributed by atoms with Crippen LogP contribution in [0.4, 0.5) is 10.3 Å². The highest BCUT2D eigenvalue weighted by Gasteiger charge is 2.11. The summed E-state index contributed by atoms with van der Waals surface area (Å²) in [5.41, 5.74) is 3.36. The molecule has 21 heavy (non-hydrogen) atoms. The van der Waals surface area contributed by atoms with E-state index in [9.17, 15) is 4.39 Å². The quantitative estimate of drug-likeness (QED) is 0.799. The van der Waals surface area contributed by atoms with Crippen LogP contribution in [0.3, 0.4) is 0 Å². The lowest BCUT2D eigenvalue weighted by molar-refractivity contribution is 0.637. The molecule has 0 saturated carbocycles. The van der Waals surface area contributed by atoms with Crippen molar-refractivity contribution in [1.82, 2.24) is 14.5 Å². The zero-order valence-electron chi connectivity index (χ0n) is 12.1. The lowest BCUT2D eigenvalue weighted by Crippen LogP contribution is -2.08. The second-order valence-electron chi connectivity index (χ2n) is 4.92. The second-order valence-corrected chi connectivity index (χ2v) is 4.92. The number of halogens is 1. The Hall–Kier alpha value is -2.43. The third kappa shape index (κ3) is 2.46. The van der Waals surface area contributed by atoms with E-state index in [1.807, 2.05) is 23.7 Å². The van der Waals surface area contributed by atoms with Gasteiger partial charge in [0.2, 0.25) is 5.95 Å². The molecule has 2 aromatic heterocycles. The number of hydrogen-bond acceptors (Lipinski definition) is 3. The summed E-state index contributed by atoms with van der Waals surface area (Å²) in [6.07, 6.45) is 2.72. The van der Waals surface area contributed by atoms with Crippen LogP contribution in [0.15, 0.2) is 36.5 Å². The fraction of sp³-hybridized carbons (Fsp3) is 0.250. The Balaban J connectivity index is 1.89. The number of imidazole rings is 1. The van der Waals surface area contributed by atoms with Crippen molar-refractivity contribution in [3.63, 3.8) is 0 Å². The number of nitrogens with zero attached hydrogens (tertiary/aromatic N) is 3. The maximum absolute atomic E-state index is 13.7. The van der Waals surface area contributed by atoms with E-state index < -0.39 is 0 Å². The molecule has 0 aliphatic heterocycles. The Morgan fingerprint density at radius 2 is 2.10 bits per heavy atom. The fourth-order valence-corrected chi connectivity index (χ4v) is 2.45. The van der Waals surface area contributed by atoms with Crippen LogP contribution in [-0.4, -0.2) is 14.5 Å². The van der Waals surface area contributed by atoms with Crippen molar-refractivity contribution >= 4 is 17.0 Å². The number of nitrogens with one attached hydrogen (secondary N) is 1. The van der Waals surface area contributed by atoms with Crippen molar-refractivity contribution in [1.29, 1.82) is 0 Å². The molecule has 0 spiro atoms. The molecular formula is C16H17FN4. The van der Waals surface area contributed by atoms with Gasteiger partial charge in [0.15, 0.2) is 5.82 Å². The van der Waals surface area contributed by atoms with Crippen molar-refractivity contribution in [2.75, 3.05) is 5.32 Å². The first-order valence-electron chi connectivity index (χ1n) is 6.98. The monoisotopic (exact) mass is 284 g/mol. The number of aryl methyl sites for hydroxylation is 2. The highest BCUT2D eigenvalue weighted by atomic mass is 19.1. The van der Waals surface area contributed by atoms with Gasteiger partial charge in [0.1, 0.15) is 5.52 Å². The standard InChI is InChI=1S/C16H17FN4/c1-3-11-6-5-9-18-13(11)10-19-16-20-15-12(17)7-4-8-14(15)21(16)2/h4-9H,3,10H2,1-2H3,(H,19,20). The molecule has 108 valence electrons. The van der Waals surface area contributed by atoms with Crippen molar-refractivity contribution in [2.45, 2.75) is 19.9 Å². The molecule has 0 fully saturated rings. The minimum Gasteiger partial charge on any atom is -0.350 e. The Kier molecular flexibility index (Phi) is 3.56. The van der Waals surface area contributed by atoms with E-state index in [4.69, 9.17) is 0 Å². The van der Waals surface area contributed by atoms with E-state index in [0.29, 0.717) is 18.0 Å². The van der Waals surface area contributed by atoms with E-state index in [1.54, 1.807) is 12.3 Å². The summed E-state index contributed by atoms with van der Waals surface area (Å²) in [4.78, 5) is 8.72. The molecule has 0 unspecified atom stereocenters. The van der Waals surface area contributed by atoms with E-state index in [1.165, 1.54) is 11.6 Å². The maximum Gasteiger partial charge on any atom is 0.204 e. The minimum atomic E-state index is -0.303. The first kappa shape index (κ1) is 13.5. The van der Waals surface area contributed by atoms with E-state index in [2.05, 4.69) is 28.3 Å². The molecule has 0 amide bonds. The molecule has 3 rings (SSSR count). The van der Waals surface area contributed by atoms with Gasteiger partial charge in [-0.2, -0.15) is 0 Å². The van der Waals surface area contributed by atoms with Crippen LogP contribution in [0.5, 0.6) is 0 Å². The predicted octanol–water partition coefficient (Wildman–Crippen LogP) is 3.28. The number of benzene rings is 1. The third-order valence-electron chi connectivity index (χ3n) is 3.64. The predicted molar refractivity (Wildman–Crippen MR) is 81.6 cm³/mol. The largest absolute Gasteiger partial charge is 0.350 e. The molecular weight excluding hydrogens is 267 g/mol.